The van der Waals surface area contributed by atoms with Gasteiger partial charge in [-0.25, -0.2) is 0 Å². The molecule has 1 saturated heterocycles. The van der Waals surface area contributed by atoms with E-state index in [9.17, 15) is 0 Å². The Bertz CT molecular complexity index is 289. The Kier molecular flexibility index (Phi) is 3.72. The van der Waals surface area contributed by atoms with Crippen molar-refractivity contribution in [3.05, 3.63) is 35.9 Å². The number of benzene rings is 1. The maximum atomic E-state index is 9.11. The highest BCUT2D eigenvalue weighted by Gasteiger charge is 2.26. The summed E-state index contributed by atoms with van der Waals surface area (Å²) in [6.07, 6.45) is 0. The van der Waals surface area contributed by atoms with Crippen molar-refractivity contribution in [1.29, 1.82) is 0 Å². The fraction of sp³-hybridized carbons (Fsp3) is 0.500. The first-order chi connectivity index (χ1) is 7.40. The minimum atomic E-state index is 0.201. The largest absolute Gasteiger partial charge is 0.396 e. The average Bonchev–Trinajstić information content (AvgIpc) is 2.75. The molecule has 0 bridgehead atoms. The Balaban J connectivity index is 1.83. The summed E-state index contributed by atoms with van der Waals surface area (Å²) in [5.41, 5.74) is 1.26. The summed E-state index contributed by atoms with van der Waals surface area (Å²) in [6, 6.07) is 10.6. The summed E-state index contributed by atoms with van der Waals surface area (Å²) in [5.74, 6) is 0.244. The van der Waals surface area contributed by atoms with Gasteiger partial charge in [-0.05, 0) is 5.56 Å². The van der Waals surface area contributed by atoms with Gasteiger partial charge in [0.05, 0.1) is 13.2 Å². The number of hydrogen-bond acceptors (Lipinski definition) is 3. The number of aliphatic hydroxyl groups excluding tert-OH is 1. The van der Waals surface area contributed by atoms with Gasteiger partial charge in [-0.15, -0.1) is 0 Å². The molecule has 0 aliphatic carbocycles. The third kappa shape index (κ3) is 2.78. The second kappa shape index (κ2) is 5.26. The normalized spacial score (nSPS) is 25.7. The molecule has 1 aromatic rings. The van der Waals surface area contributed by atoms with Crippen molar-refractivity contribution in [2.24, 2.45) is 5.92 Å². The van der Waals surface area contributed by atoms with E-state index in [0.717, 1.165) is 6.54 Å². The van der Waals surface area contributed by atoms with Gasteiger partial charge in [0.1, 0.15) is 0 Å². The van der Waals surface area contributed by atoms with Crippen LogP contribution in [-0.2, 0) is 11.3 Å². The maximum Gasteiger partial charge on any atom is 0.0624 e. The number of nitrogens with one attached hydrogen (secondary N) is 1. The summed E-state index contributed by atoms with van der Waals surface area (Å²) in [4.78, 5) is 0. The van der Waals surface area contributed by atoms with Gasteiger partial charge >= 0.3 is 0 Å². The summed E-state index contributed by atoms with van der Waals surface area (Å²) < 4.78 is 5.33. The standard InChI is InChI=1S/C12H17NO2/c14-7-11-8-15-9-12(11)13-6-10-4-2-1-3-5-10/h1-5,11-14H,6-9H2. The topological polar surface area (TPSA) is 41.5 Å². The molecule has 0 spiro atoms. The lowest BCUT2D eigenvalue weighted by molar-refractivity contribution is 0.160. The Labute approximate surface area is 90.1 Å². The molecular formula is C12H17NO2. The molecule has 0 radical (unpaired) electrons. The lowest BCUT2D eigenvalue weighted by atomic mass is 10.0. The number of ether oxygens (including phenoxy) is 1. The van der Waals surface area contributed by atoms with Crippen LogP contribution in [0.3, 0.4) is 0 Å². The molecule has 0 saturated carbocycles. The van der Waals surface area contributed by atoms with Crippen molar-refractivity contribution < 1.29 is 9.84 Å². The van der Waals surface area contributed by atoms with E-state index in [1.165, 1.54) is 5.56 Å². The highest BCUT2D eigenvalue weighted by Crippen LogP contribution is 2.13. The van der Waals surface area contributed by atoms with Crippen LogP contribution in [0.2, 0.25) is 0 Å². The van der Waals surface area contributed by atoms with Crippen LogP contribution in [0.15, 0.2) is 30.3 Å². The van der Waals surface area contributed by atoms with E-state index < -0.39 is 0 Å². The third-order valence-electron chi connectivity index (χ3n) is 2.84. The van der Waals surface area contributed by atoms with Gasteiger partial charge in [-0.3, -0.25) is 0 Å². The van der Waals surface area contributed by atoms with Gasteiger partial charge in [-0.1, -0.05) is 30.3 Å². The van der Waals surface area contributed by atoms with Crippen LogP contribution in [0, 0.1) is 5.92 Å². The molecular weight excluding hydrogens is 190 g/mol. The zero-order valence-electron chi connectivity index (χ0n) is 8.73. The van der Waals surface area contributed by atoms with Crippen LogP contribution in [0.25, 0.3) is 0 Å². The van der Waals surface area contributed by atoms with Crippen molar-refractivity contribution in [3.8, 4) is 0 Å². The van der Waals surface area contributed by atoms with Gasteiger partial charge in [-0.2, -0.15) is 0 Å². The number of rotatable bonds is 4. The Morgan fingerprint density at radius 3 is 2.80 bits per heavy atom. The molecule has 2 N–H and O–H groups in total. The van der Waals surface area contributed by atoms with Crippen LogP contribution in [0.4, 0.5) is 0 Å². The van der Waals surface area contributed by atoms with Crippen molar-refractivity contribution in [1.82, 2.24) is 5.32 Å². The molecule has 0 aromatic heterocycles. The number of hydrogen-bond donors (Lipinski definition) is 2. The van der Waals surface area contributed by atoms with Crippen LogP contribution in [0.5, 0.6) is 0 Å². The van der Waals surface area contributed by atoms with Crippen molar-refractivity contribution in [2.45, 2.75) is 12.6 Å². The SMILES string of the molecule is OCC1COCC1NCc1ccccc1. The summed E-state index contributed by atoms with van der Waals surface area (Å²) in [6.45, 7) is 2.42. The highest BCUT2D eigenvalue weighted by molar-refractivity contribution is 5.14. The Morgan fingerprint density at radius 1 is 1.27 bits per heavy atom. The first-order valence-corrected chi connectivity index (χ1v) is 5.36. The molecule has 2 unspecified atom stereocenters. The van der Waals surface area contributed by atoms with Crippen molar-refractivity contribution in [3.63, 3.8) is 0 Å². The first-order valence-electron chi connectivity index (χ1n) is 5.36. The van der Waals surface area contributed by atoms with Crippen LogP contribution in [0.1, 0.15) is 5.56 Å². The van der Waals surface area contributed by atoms with E-state index in [4.69, 9.17) is 9.84 Å². The minimum absolute atomic E-state index is 0.201. The molecule has 3 heteroatoms. The lowest BCUT2D eigenvalue weighted by Crippen LogP contribution is -2.36. The smallest absolute Gasteiger partial charge is 0.0624 e. The molecule has 3 nitrogen and oxygen atoms in total. The number of aliphatic hydroxyl groups is 1. The average molecular weight is 207 g/mol. The van der Waals surface area contributed by atoms with Gasteiger partial charge in [0.25, 0.3) is 0 Å². The minimum Gasteiger partial charge on any atom is -0.396 e. The first kappa shape index (κ1) is 10.6. The van der Waals surface area contributed by atoms with Crippen molar-refractivity contribution >= 4 is 0 Å². The second-order valence-corrected chi connectivity index (χ2v) is 3.95. The van der Waals surface area contributed by atoms with E-state index in [1.807, 2.05) is 18.2 Å². The molecule has 2 atom stereocenters. The molecule has 1 aliphatic rings. The second-order valence-electron chi connectivity index (χ2n) is 3.95. The monoisotopic (exact) mass is 207 g/mol. The van der Waals surface area contributed by atoms with Gasteiger partial charge in [0, 0.05) is 25.1 Å². The molecule has 82 valence electrons. The molecule has 0 amide bonds. The highest BCUT2D eigenvalue weighted by atomic mass is 16.5. The van der Waals surface area contributed by atoms with Crippen LogP contribution >= 0.6 is 0 Å². The fourth-order valence-electron chi connectivity index (χ4n) is 1.85. The summed E-state index contributed by atoms with van der Waals surface area (Å²) in [7, 11) is 0. The van der Waals surface area contributed by atoms with Gasteiger partial charge in [0.2, 0.25) is 0 Å². The van der Waals surface area contributed by atoms with E-state index in [-0.39, 0.29) is 18.6 Å². The molecule has 1 heterocycles. The Hall–Kier alpha value is -0.900. The summed E-state index contributed by atoms with van der Waals surface area (Å²) >= 11 is 0. The quantitative estimate of drug-likeness (QED) is 0.766. The predicted octanol–water partition coefficient (Wildman–Crippen LogP) is 0.783. The molecule has 2 rings (SSSR count). The van der Waals surface area contributed by atoms with Crippen LogP contribution < -0.4 is 5.32 Å². The lowest BCUT2D eigenvalue weighted by Gasteiger charge is -2.16. The van der Waals surface area contributed by atoms with E-state index >= 15 is 0 Å². The molecule has 1 fully saturated rings. The van der Waals surface area contributed by atoms with E-state index in [0.29, 0.717) is 13.2 Å². The predicted molar refractivity (Wildman–Crippen MR) is 58.5 cm³/mol. The molecule has 15 heavy (non-hydrogen) atoms. The van der Waals surface area contributed by atoms with Gasteiger partial charge < -0.3 is 15.2 Å². The zero-order chi connectivity index (χ0) is 10.5. The fourth-order valence-corrected chi connectivity index (χ4v) is 1.85. The molecule has 1 aromatic carbocycles. The van der Waals surface area contributed by atoms with Gasteiger partial charge in [0.15, 0.2) is 0 Å². The Morgan fingerprint density at radius 2 is 2.07 bits per heavy atom. The van der Waals surface area contributed by atoms with E-state index in [1.54, 1.807) is 0 Å². The van der Waals surface area contributed by atoms with Crippen LogP contribution in [-0.4, -0.2) is 31.0 Å². The van der Waals surface area contributed by atoms with E-state index in [2.05, 4.69) is 17.4 Å². The zero-order valence-corrected chi connectivity index (χ0v) is 8.73. The molecule has 1 aliphatic heterocycles. The maximum absolute atomic E-state index is 9.11. The third-order valence-corrected chi connectivity index (χ3v) is 2.84. The van der Waals surface area contributed by atoms with Crippen molar-refractivity contribution in [2.75, 3.05) is 19.8 Å². The summed E-state index contributed by atoms with van der Waals surface area (Å²) in [5, 5.41) is 12.5.